The molecular formula is C20H19BrO4. The molecule has 1 heterocycles. The van der Waals surface area contributed by atoms with Gasteiger partial charge in [-0.15, -0.1) is 0 Å². The third-order valence-electron chi connectivity index (χ3n) is 4.15. The van der Waals surface area contributed by atoms with Crippen molar-refractivity contribution in [2.24, 2.45) is 0 Å². The van der Waals surface area contributed by atoms with Crippen molar-refractivity contribution in [2.45, 2.75) is 13.8 Å². The Hall–Kier alpha value is -2.27. The Balaban J connectivity index is 2.17. The summed E-state index contributed by atoms with van der Waals surface area (Å²) in [4.78, 5) is 13.0. The monoisotopic (exact) mass is 402 g/mol. The highest BCUT2D eigenvalue weighted by Crippen LogP contribution is 2.30. The van der Waals surface area contributed by atoms with Crippen LogP contribution in [0.1, 0.15) is 11.3 Å². The zero-order valence-corrected chi connectivity index (χ0v) is 16.0. The zero-order valence-electron chi connectivity index (χ0n) is 14.4. The van der Waals surface area contributed by atoms with Gasteiger partial charge in [-0.1, -0.05) is 28.1 Å². The van der Waals surface area contributed by atoms with Gasteiger partial charge in [-0.3, -0.25) is 4.79 Å². The van der Waals surface area contributed by atoms with Crippen molar-refractivity contribution in [1.29, 1.82) is 0 Å². The molecule has 2 aromatic carbocycles. The molecule has 0 radical (unpaired) electrons. The molecule has 0 saturated carbocycles. The van der Waals surface area contributed by atoms with Gasteiger partial charge in [0.1, 0.15) is 22.8 Å². The molecule has 5 heteroatoms. The van der Waals surface area contributed by atoms with Crippen molar-refractivity contribution in [3.8, 4) is 22.6 Å². The highest BCUT2D eigenvalue weighted by molar-refractivity contribution is 9.09. The molecule has 0 atom stereocenters. The Morgan fingerprint density at radius 2 is 1.80 bits per heavy atom. The van der Waals surface area contributed by atoms with Gasteiger partial charge in [-0.05, 0) is 43.7 Å². The van der Waals surface area contributed by atoms with Gasteiger partial charge in [-0.2, -0.15) is 0 Å². The first-order valence-corrected chi connectivity index (χ1v) is 9.09. The summed E-state index contributed by atoms with van der Waals surface area (Å²) in [6.45, 7) is 4.27. The molecule has 3 rings (SSSR count). The van der Waals surface area contributed by atoms with Crippen LogP contribution in [0.2, 0.25) is 0 Å². The summed E-state index contributed by atoms with van der Waals surface area (Å²) in [6, 6.07) is 11.0. The van der Waals surface area contributed by atoms with E-state index in [1.165, 1.54) is 0 Å². The van der Waals surface area contributed by atoms with Crippen LogP contribution in [0.15, 0.2) is 45.6 Å². The lowest BCUT2D eigenvalue weighted by Crippen LogP contribution is -2.09. The minimum absolute atomic E-state index is 0.0425. The minimum Gasteiger partial charge on any atom is -0.497 e. The Kier molecular flexibility index (Phi) is 5.13. The molecule has 0 saturated heterocycles. The van der Waals surface area contributed by atoms with Crippen molar-refractivity contribution in [1.82, 2.24) is 0 Å². The van der Waals surface area contributed by atoms with E-state index in [1.54, 1.807) is 13.2 Å². The lowest BCUT2D eigenvalue weighted by Gasteiger charge is -2.12. The van der Waals surface area contributed by atoms with E-state index >= 15 is 0 Å². The number of hydrogen-bond donors (Lipinski definition) is 0. The van der Waals surface area contributed by atoms with E-state index in [0.29, 0.717) is 28.9 Å². The van der Waals surface area contributed by atoms with Gasteiger partial charge >= 0.3 is 0 Å². The SMILES string of the molecule is COc1ccc(-c2c(C)oc3c(C)c(OCCBr)ccc3c2=O)cc1. The molecule has 130 valence electrons. The minimum atomic E-state index is -0.0425. The number of alkyl halides is 1. The number of aryl methyl sites for hydroxylation is 2. The first-order valence-electron chi connectivity index (χ1n) is 7.97. The first-order chi connectivity index (χ1) is 12.1. The molecule has 1 aromatic heterocycles. The van der Waals surface area contributed by atoms with Gasteiger partial charge in [0.2, 0.25) is 5.43 Å². The Morgan fingerprint density at radius 3 is 2.44 bits per heavy atom. The van der Waals surface area contributed by atoms with Crippen LogP contribution in [0.5, 0.6) is 11.5 Å². The number of hydrogen-bond acceptors (Lipinski definition) is 4. The molecule has 0 aliphatic heterocycles. The highest BCUT2D eigenvalue weighted by Gasteiger charge is 2.16. The van der Waals surface area contributed by atoms with E-state index in [0.717, 1.165) is 28.0 Å². The van der Waals surface area contributed by atoms with Crippen LogP contribution < -0.4 is 14.9 Å². The summed E-state index contributed by atoms with van der Waals surface area (Å²) >= 11 is 3.34. The Labute approximate surface area is 154 Å². The maximum Gasteiger partial charge on any atom is 0.200 e. The number of halogens is 1. The molecule has 0 N–H and O–H groups in total. The second kappa shape index (κ2) is 7.31. The zero-order chi connectivity index (χ0) is 18.0. The fourth-order valence-electron chi connectivity index (χ4n) is 2.88. The van der Waals surface area contributed by atoms with Crippen LogP contribution in [0.4, 0.5) is 0 Å². The number of methoxy groups -OCH3 is 1. The lowest BCUT2D eigenvalue weighted by atomic mass is 10.0. The highest BCUT2D eigenvalue weighted by atomic mass is 79.9. The van der Waals surface area contributed by atoms with Crippen LogP contribution in [0.3, 0.4) is 0 Å². The normalized spacial score (nSPS) is 10.9. The van der Waals surface area contributed by atoms with E-state index in [2.05, 4.69) is 15.9 Å². The molecule has 3 aromatic rings. The lowest BCUT2D eigenvalue weighted by molar-refractivity contribution is 0.342. The standard InChI is InChI=1S/C20H19BrO4/c1-12-17(24-11-10-21)9-8-16-19(22)18(13(2)25-20(12)16)14-4-6-15(23-3)7-5-14/h4-9H,10-11H2,1-3H3. The van der Waals surface area contributed by atoms with E-state index < -0.39 is 0 Å². The van der Waals surface area contributed by atoms with Crippen molar-refractivity contribution in [2.75, 3.05) is 19.0 Å². The van der Waals surface area contributed by atoms with Crippen LogP contribution in [0.25, 0.3) is 22.1 Å². The fourth-order valence-corrected chi connectivity index (χ4v) is 3.04. The average molecular weight is 403 g/mol. The maximum absolute atomic E-state index is 13.0. The molecule has 0 amide bonds. The Morgan fingerprint density at radius 1 is 1.08 bits per heavy atom. The summed E-state index contributed by atoms with van der Waals surface area (Å²) in [7, 11) is 1.61. The van der Waals surface area contributed by atoms with Gasteiger partial charge in [0.15, 0.2) is 0 Å². The smallest absolute Gasteiger partial charge is 0.200 e. The van der Waals surface area contributed by atoms with E-state index in [9.17, 15) is 4.79 Å². The van der Waals surface area contributed by atoms with Crippen LogP contribution in [0, 0.1) is 13.8 Å². The van der Waals surface area contributed by atoms with Crippen LogP contribution in [-0.4, -0.2) is 19.0 Å². The summed E-state index contributed by atoms with van der Waals surface area (Å²) in [5.74, 6) is 2.06. The summed E-state index contributed by atoms with van der Waals surface area (Å²) in [5, 5.41) is 1.30. The van der Waals surface area contributed by atoms with Crippen molar-refractivity contribution < 1.29 is 13.9 Å². The van der Waals surface area contributed by atoms with E-state index in [1.807, 2.05) is 44.2 Å². The molecule has 0 unspecified atom stereocenters. The van der Waals surface area contributed by atoms with Crippen molar-refractivity contribution >= 4 is 26.9 Å². The Bertz CT molecular complexity index is 958. The van der Waals surface area contributed by atoms with Gasteiger partial charge in [0.25, 0.3) is 0 Å². The van der Waals surface area contributed by atoms with E-state index in [-0.39, 0.29) is 5.43 Å². The first kappa shape index (κ1) is 17.5. The fraction of sp³-hybridized carbons (Fsp3) is 0.250. The predicted molar refractivity (Wildman–Crippen MR) is 103 cm³/mol. The van der Waals surface area contributed by atoms with E-state index in [4.69, 9.17) is 13.9 Å². The summed E-state index contributed by atoms with van der Waals surface area (Å²) < 4.78 is 16.9. The van der Waals surface area contributed by atoms with Crippen LogP contribution >= 0.6 is 15.9 Å². The van der Waals surface area contributed by atoms with Crippen molar-refractivity contribution in [3.63, 3.8) is 0 Å². The predicted octanol–water partition coefficient (Wildman–Crippen LogP) is 4.86. The third-order valence-corrected chi connectivity index (χ3v) is 4.47. The van der Waals surface area contributed by atoms with Crippen molar-refractivity contribution in [3.05, 3.63) is 57.9 Å². The van der Waals surface area contributed by atoms with Gasteiger partial charge in [0, 0.05) is 10.9 Å². The maximum atomic E-state index is 13.0. The number of fused-ring (bicyclic) bond motifs is 1. The van der Waals surface area contributed by atoms with Crippen LogP contribution in [-0.2, 0) is 0 Å². The molecule has 0 aliphatic carbocycles. The molecule has 0 aliphatic rings. The number of rotatable bonds is 5. The number of ether oxygens (including phenoxy) is 2. The number of benzene rings is 2. The quantitative estimate of drug-likeness (QED) is 0.571. The second-order valence-electron chi connectivity index (χ2n) is 5.69. The third kappa shape index (κ3) is 3.29. The largest absolute Gasteiger partial charge is 0.497 e. The average Bonchev–Trinajstić information content (AvgIpc) is 2.62. The van der Waals surface area contributed by atoms with Gasteiger partial charge < -0.3 is 13.9 Å². The van der Waals surface area contributed by atoms with Gasteiger partial charge in [0.05, 0.1) is 24.7 Å². The molecule has 25 heavy (non-hydrogen) atoms. The summed E-state index contributed by atoms with van der Waals surface area (Å²) in [6.07, 6.45) is 0. The molecule has 0 fully saturated rings. The molecular weight excluding hydrogens is 384 g/mol. The molecule has 0 bridgehead atoms. The van der Waals surface area contributed by atoms with Gasteiger partial charge in [-0.25, -0.2) is 0 Å². The molecule has 0 spiro atoms. The topological polar surface area (TPSA) is 48.7 Å². The summed E-state index contributed by atoms with van der Waals surface area (Å²) in [5.41, 5.74) is 2.75. The second-order valence-corrected chi connectivity index (χ2v) is 6.49. The molecule has 4 nitrogen and oxygen atoms in total.